The van der Waals surface area contributed by atoms with Crippen LogP contribution in [0.2, 0.25) is 0 Å². The van der Waals surface area contributed by atoms with Gasteiger partial charge >= 0.3 is 5.97 Å². The van der Waals surface area contributed by atoms with Crippen molar-refractivity contribution in [2.45, 2.75) is 243 Å². The van der Waals surface area contributed by atoms with Gasteiger partial charge in [-0.15, -0.1) is 0 Å². The second kappa shape index (κ2) is 53.5. The van der Waals surface area contributed by atoms with E-state index in [1.807, 2.05) is 18.2 Å². The van der Waals surface area contributed by atoms with Crippen molar-refractivity contribution in [1.29, 1.82) is 5.41 Å². The van der Waals surface area contributed by atoms with Crippen LogP contribution in [0.1, 0.15) is 149 Å². The Kier molecular flexibility index (Phi) is 43.8. The molecular formula is C87H129N21O19S. The number of hydrogen-bond acceptors (Lipinski definition) is 22. The first-order chi connectivity index (χ1) is 60.9. The number of rotatable bonds is 53. The first kappa shape index (κ1) is 105. The van der Waals surface area contributed by atoms with Crippen molar-refractivity contribution < 1.29 is 92.0 Å². The van der Waals surface area contributed by atoms with Gasteiger partial charge < -0.3 is 116 Å². The number of nitrogens with zero attached hydrogens (tertiary/aromatic N) is 2. The van der Waals surface area contributed by atoms with E-state index in [1.165, 1.54) is 24.3 Å². The molecule has 2 aliphatic heterocycles. The van der Waals surface area contributed by atoms with E-state index >= 15 is 0 Å². The summed E-state index contributed by atoms with van der Waals surface area (Å²) >= 11 is 4.35. The normalized spacial score (nSPS) is 16.9. The number of nitrogens with two attached hydrogens (primary N) is 1. The van der Waals surface area contributed by atoms with Gasteiger partial charge in [-0.25, -0.2) is 9.78 Å². The number of nitrogens with one attached hydrogen (secondary N) is 18. The van der Waals surface area contributed by atoms with Crippen molar-refractivity contribution in [3.8, 4) is 0 Å². The third kappa shape index (κ3) is 35.3. The number of carboxylic acids is 1. The van der Waals surface area contributed by atoms with Crippen LogP contribution in [-0.2, 0) is 102 Å². The molecule has 128 heavy (non-hydrogen) atoms. The van der Waals surface area contributed by atoms with Gasteiger partial charge in [0.25, 0.3) is 0 Å². The fraction of sp³-hybridized carbons (Fsp3) is 0.563. The van der Waals surface area contributed by atoms with Crippen LogP contribution in [-0.4, -0.2) is 266 Å². The Bertz CT molecular complexity index is 4360. The molecule has 0 saturated carbocycles. The number of thiol groups is 1. The predicted molar refractivity (Wildman–Crippen MR) is 475 cm³/mol. The first-order valence-corrected chi connectivity index (χ1v) is 44.0. The van der Waals surface area contributed by atoms with Gasteiger partial charge in [-0.05, 0) is 112 Å². The van der Waals surface area contributed by atoms with Gasteiger partial charge in [0.05, 0.1) is 43.9 Å². The lowest BCUT2D eigenvalue weighted by Gasteiger charge is -2.30. The number of aromatic nitrogens is 2. The molecule has 0 unspecified atom stereocenters. The Labute approximate surface area is 750 Å². The maximum atomic E-state index is 14.8. The maximum Gasteiger partial charge on any atom is 0.326 e. The van der Waals surface area contributed by atoms with E-state index in [0.717, 1.165) is 12.0 Å². The summed E-state index contributed by atoms with van der Waals surface area (Å²) in [5.74, 6) is -16.2. The minimum atomic E-state index is -1.84. The number of amides is 15. The lowest BCUT2D eigenvalue weighted by Crippen LogP contribution is -2.63. The number of aliphatic hydroxyl groups excluding tert-OH is 2. The molecule has 2 aliphatic rings. The van der Waals surface area contributed by atoms with E-state index in [-0.39, 0.29) is 113 Å². The third-order valence-electron chi connectivity index (χ3n) is 21.6. The standard InChI is InChI=1S/C87H129N21O19S/c1-10-51(8)71(106-83(123)68-31-22-34-108(68)70(112)44-94-74(114)63(39-54-25-16-12-17-26-54)99-75(115)57-29-20-32-91-57)84(124)103-60(36-49(4)5)77(117)104-66(45-109)81(121)98-59(35-48(2)3)76(116)97-61(37-50(6)7)80(120)107-72(52(9)110)85(125)105-67(46-128)82(122)101-64(40-55-27-18-13-19-28-55)78(118)102-65(41-56-42-90-47-95-56)79(119)100-62(38-53-23-14-11-15-24-53)73(113)93-43-69(111)96-58(86(126)127)30-21-33-92-87(88)89/h11-19,23-28,42,47-52,57-68,71-72,91,109-110,128H,10,20-22,29-41,43-46H2,1-9H3,(H,90,95)(H,93,113)(H,94,114)(H,96,111)(H,97,116)(H,98,121)(H,99,115)(H,100,119)(H,101,122)(H,102,118)(H,103,124)(H,104,117)(H,105,125)(H,106,123)(H,107,120)(H,126,127)(H4,88,89,92)/t51-,52+,57-,58-,59-,60-,61-,62-,63-,64-,65-,66-,67-,68-,71-,72-/m0/s1. The van der Waals surface area contributed by atoms with Gasteiger partial charge in [0.1, 0.15) is 78.5 Å². The molecule has 2 saturated heterocycles. The Balaban J connectivity index is 1.11. The number of aromatic amines is 1. The molecule has 40 nitrogen and oxygen atoms in total. The van der Waals surface area contributed by atoms with E-state index in [0.29, 0.717) is 36.9 Å². The molecule has 2 fully saturated rings. The van der Waals surface area contributed by atoms with Crippen LogP contribution < -0.4 is 90.8 Å². The smallest absolute Gasteiger partial charge is 0.326 e. The van der Waals surface area contributed by atoms with Crippen LogP contribution in [0, 0.1) is 29.1 Å². The Hall–Kier alpha value is -12.1. The summed E-state index contributed by atoms with van der Waals surface area (Å²) in [5.41, 5.74) is 7.43. The number of hydrogen-bond donors (Lipinski definition) is 23. The number of carbonyl (C=O) groups excluding carboxylic acids is 15. The van der Waals surface area contributed by atoms with E-state index in [9.17, 15) is 92.0 Å². The number of likely N-dealkylation sites (tertiary alicyclic amines) is 1. The number of H-pyrrole nitrogens is 1. The van der Waals surface area contributed by atoms with Gasteiger partial charge in [-0.2, -0.15) is 12.6 Å². The zero-order valence-electron chi connectivity index (χ0n) is 73.9. The Morgan fingerprint density at radius 1 is 0.500 bits per heavy atom. The second-order valence-electron chi connectivity index (χ2n) is 33.5. The molecule has 6 rings (SSSR count). The molecule has 3 aromatic carbocycles. The lowest BCUT2D eigenvalue weighted by atomic mass is 9.96. The van der Waals surface area contributed by atoms with Crippen LogP contribution in [0.3, 0.4) is 0 Å². The van der Waals surface area contributed by atoms with Gasteiger partial charge in [0.2, 0.25) is 88.6 Å². The summed E-state index contributed by atoms with van der Waals surface area (Å²) in [6.45, 7) is 13.9. The quantitative estimate of drug-likeness (QED) is 0.00926. The highest BCUT2D eigenvalue weighted by atomic mass is 32.1. The molecule has 3 heterocycles. The summed E-state index contributed by atoms with van der Waals surface area (Å²) in [7, 11) is 0. The van der Waals surface area contributed by atoms with E-state index in [2.05, 4.69) is 108 Å². The van der Waals surface area contributed by atoms with Crippen LogP contribution >= 0.6 is 12.6 Å². The SMILES string of the molecule is CC[C@H](C)[C@H](NC(=O)[C@@H]1CCCN1C(=O)CNC(=O)[C@H](Cc1ccccc1)NC(=O)[C@@H]1CCCN1)C(=O)N[C@@H](CC(C)C)C(=O)N[C@@H](CO)C(=O)N[C@@H](CC(C)C)C(=O)N[C@@H](CC(C)C)C(=O)N[C@H](C(=O)N[C@@H](CS)C(=O)N[C@@H](Cc1ccccc1)C(=O)N[C@@H](Cc1c[nH]cn1)C(=O)N[C@@H](Cc1ccccc1)C(=O)NCC(=O)N[C@@H](CCCNC(=N)N)C(=O)O)[C@@H](C)O. The zero-order chi connectivity index (χ0) is 94.3. The number of aliphatic carboxylic acids is 1. The maximum absolute atomic E-state index is 14.8. The van der Waals surface area contributed by atoms with Crippen LogP contribution in [0.25, 0.3) is 0 Å². The predicted octanol–water partition coefficient (Wildman–Crippen LogP) is -2.69. The van der Waals surface area contributed by atoms with Crippen molar-refractivity contribution in [3.63, 3.8) is 0 Å². The molecule has 4 aromatic rings. The molecule has 0 aliphatic carbocycles. The van der Waals surface area contributed by atoms with Crippen molar-refractivity contribution in [2.75, 3.05) is 45.1 Å². The fourth-order valence-electron chi connectivity index (χ4n) is 14.5. The van der Waals surface area contributed by atoms with Crippen molar-refractivity contribution in [2.24, 2.45) is 29.4 Å². The molecule has 15 amide bonds. The molecule has 0 spiro atoms. The summed E-state index contributed by atoms with van der Waals surface area (Å²) in [6, 6.07) is 6.72. The van der Waals surface area contributed by atoms with Gasteiger partial charge in [0.15, 0.2) is 5.96 Å². The van der Waals surface area contributed by atoms with Gasteiger partial charge in [0, 0.05) is 50.7 Å². The molecule has 702 valence electrons. The minimum absolute atomic E-state index is 0.00737. The van der Waals surface area contributed by atoms with Crippen molar-refractivity contribution >= 4 is 113 Å². The Morgan fingerprint density at radius 2 is 0.938 bits per heavy atom. The number of guanidine groups is 1. The van der Waals surface area contributed by atoms with E-state index in [4.69, 9.17) is 11.1 Å². The highest BCUT2D eigenvalue weighted by Crippen LogP contribution is 2.21. The fourth-order valence-corrected chi connectivity index (χ4v) is 14.7. The summed E-state index contributed by atoms with van der Waals surface area (Å²) in [6.07, 6.45) is 2.97. The zero-order valence-corrected chi connectivity index (χ0v) is 74.8. The molecule has 41 heteroatoms. The largest absolute Gasteiger partial charge is 0.480 e. The number of carbonyl (C=O) groups is 16. The second-order valence-corrected chi connectivity index (χ2v) is 33.9. The molecule has 1 aromatic heterocycles. The minimum Gasteiger partial charge on any atom is -0.480 e. The average molecular weight is 1810 g/mol. The number of aliphatic hydroxyl groups is 2. The molecule has 0 bridgehead atoms. The summed E-state index contributed by atoms with van der Waals surface area (Å²) in [4.78, 5) is 233. The summed E-state index contributed by atoms with van der Waals surface area (Å²) < 4.78 is 0. The topological polar surface area (TPSA) is 608 Å². The molecule has 23 N–H and O–H groups in total. The van der Waals surface area contributed by atoms with E-state index < -0.39 is 211 Å². The monoisotopic (exact) mass is 1800 g/mol. The van der Waals surface area contributed by atoms with E-state index in [1.54, 1.807) is 128 Å². The lowest BCUT2D eigenvalue weighted by molar-refractivity contribution is -0.142. The number of carboxylic acid groups (broad SMARTS) is 1. The molecular weight excluding hydrogens is 1680 g/mol. The van der Waals surface area contributed by atoms with Crippen LogP contribution in [0.5, 0.6) is 0 Å². The van der Waals surface area contributed by atoms with Crippen molar-refractivity contribution in [1.82, 2.24) is 99.9 Å². The number of benzene rings is 3. The summed E-state index contributed by atoms with van der Waals surface area (Å²) in [5, 5.41) is 81.1. The van der Waals surface area contributed by atoms with Crippen LogP contribution in [0.4, 0.5) is 0 Å². The first-order valence-electron chi connectivity index (χ1n) is 43.4. The van der Waals surface area contributed by atoms with Gasteiger partial charge in [-0.3, -0.25) is 77.3 Å². The highest BCUT2D eigenvalue weighted by Gasteiger charge is 2.42. The van der Waals surface area contributed by atoms with Crippen LogP contribution in [0.15, 0.2) is 104 Å². The average Bonchev–Trinajstić information content (AvgIpc) is 1.12. The van der Waals surface area contributed by atoms with Gasteiger partial charge in [-0.1, -0.05) is 153 Å². The highest BCUT2D eigenvalue weighted by molar-refractivity contribution is 7.80. The number of imidazole rings is 1. The molecule has 0 radical (unpaired) electrons. The third-order valence-corrected chi connectivity index (χ3v) is 21.9. The van der Waals surface area contributed by atoms with Crippen molar-refractivity contribution in [3.05, 3.63) is 126 Å². The molecule has 16 atom stereocenters. The Morgan fingerprint density at radius 3 is 1.39 bits per heavy atom.